The van der Waals surface area contributed by atoms with Gasteiger partial charge in [0.15, 0.2) is 11.6 Å². The lowest BCUT2D eigenvalue weighted by molar-refractivity contribution is -0.128. The number of benzene rings is 1. The summed E-state index contributed by atoms with van der Waals surface area (Å²) in [5.74, 6) is -3.29. The minimum atomic E-state index is -1.15. The summed E-state index contributed by atoms with van der Waals surface area (Å²) < 4.78 is 26.8. The lowest BCUT2D eigenvalue weighted by Gasteiger charge is -2.30. The van der Waals surface area contributed by atoms with Crippen LogP contribution in [-0.4, -0.2) is 29.4 Å². The summed E-state index contributed by atoms with van der Waals surface area (Å²) >= 11 is 0. The molecule has 2 aromatic rings. The van der Waals surface area contributed by atoms with Crippen molar-refractivity contribution in [3.8, 4) is 0 Å². The Kier molecular flexibility index (Phi) is 7.22. The van der Waals surface area contributed by atoms with Crippen molar-refractivity contribution in [2.24, 2.45) is 11.7 Å². The maximum absolute atomic E-state index is 13.6. The molecule has 0 fully saturated rings. The number of nitrogens with zero attached hydrogens (tertiary/aromatic N) is 1. The fraction of sp³-hybridized carbons (Fsp3) is 0.350. The first-order valence-electron chi connectivity index (χ1n) is 9.05. The summed E-state index contributed by atoms with van der Waals surface area (Å²) in [5.41, 5.74) is 11.1. The van der Waals surface area contributed by atoms with Gasteiger partial charge in [0.25, 0.3) is 0 Å². The van der Waals surface area contributed by atoms with E-state index in [1.807, 2.05) is 0 Å². The Morgan fingerprint density at radius 2 is 1.86 bits per heavy atom. The predicted octanol–water partition coefficient (Wildman–Crippen LogP) is 1.27. The van der Waals surface area contributed by atoms with Crippen LogP contribution in [0.15, 0.2) is 36.5 Å². The van der Waals surface area contributed by atoms with Crippen molar-refractivity contribution in [1.29, 1.82) is 0 Å². The highest BCUT2D eigenvalue weighted by Crippen LogP contribution is 2.22. The summed E-state index contributed by atoms with van der Waals surface area (Å²) in [4.78, 5) is 28.7. The van der Waals surface area contributed by atoms with Crippen molar-refractivity contribution < 1.29 is 18.4 Å². The maximum Gasteiger partial charge on any atom is 0.237 e. The van der Waals surface area contributed by atoms with Gasteiger partial charge < -0.3 is 22.1 Å². The predicted molar refractivity (Wildman–Crippen MR) is 105 cm³/mol. The van der Waals surface area contributed by atoms with Crippen LogP contribution >= 0.6 is 0 Å². The van der Waals surface area contributed by atoms with Gasteiger partial charge >= 0.3 is 0 Å². The van der Waals surface area contributed by atoms with Crippen molar-refractivity contribution in [1.82, 2.24) is 15.6 Å². The number of anilines is 1. The average Bonchev–Trinajstić information content (AvgIpc) is 2.69. The van der Waals surface area contributed by atoms with E-state index in [0.29, 0.717) is 11.4 Å². The number of primary amides is 1. The van der Waals surface area contributed by atoms with E-state index in [1.54, 1.807) is 32.3 Å². The summed E-state index contributed by atoms with van der Waals surface area (Å²) in [6.45, 7) is 1.79. The van der Waals surface area contributed by atoms with Gasteiger partial charge in [-0.1, -0.05) is 12.1 Å². The number of carbonyl (C=O) groups is 2. The number of hydrogen-bond acceptors (Lipinski definition) is 5. The number of pyridine rings is 1. The van der Waals surface area contributed by atoms with Gasteiger partial charge in [-0.25, -0.2) is 13.8 Å². The summed E-state index contributed by atoms with van der Waals surface area (Å²) in [6.07, 6.45) is 1.72. The molecular formula is C20H25F2N5O2. The minimum absolute atomic E-state index is 0.0731. The van der Waals surface area contributed by atoms with Gasteiger partial charge in [-0.05, 0) is 56.1 Å². The van der Waals surface area contributed by atoms with Crippen LogP contribution in [0.25, 0.3) is 0 Å². The Hall–Kier alpha value is -3.07. The molecule has 0 saturated heterocycles. The largest absolute Gasteiger partial charge is 0.384 e. The first-order valence-corrected chi connectivity index (χ1v) is 9.05. The van der Waals surface area contributed by atoms with Crippen LogP contribution in [0.1, 0.15) is 24.5 Å². The summed E-state index contributed by atoms with van der Waals surface area (Å²) in [6, 6.07) is 6.80. The van der Waals surface area contributed by atoms with Gasteiger partial charge in [0, 0.05) is 18.7 Å². The fourth-order valence-corrected chi connectivity index (χ4v) is 2.90. The molecule has 1 aromatic carbocycles. The molecule has 0 saturated carbocycles. The fourth-order valence-electron chi connectivity index (χ4n) is 2.90. The second kappa shape index (κ2) is 9.42. The Balaban J connectivity index is 2.19. The van der Waals surface area contributed by atoms with Crippen LogP contribution in [-0.2, 0) is 22.6 Å². The molecule has 2 rings (SSSR count). The number of likely N-dealkylation sites (N-methyl/N-ethyl adjacent to an activating group) is 1. The topological polar surface area (TPSA) is 123 Å². The van der Waals surface area contributed by atoms with E-state index in [0.717, 1.165) is 17.7 Å². The zero-order chi connectivity index (χ0) is 21.6. The van der Waals surface area contributed by atoms with Crippen LogP contribution in [0.2, 0.25) is 0 Å². The van der Waals surface area contributed by atoms with E-state index >= 15 is 0 Å². The average molecular weight is 405 g/mol. The standard InChI is InChI=1S/C20H25F2N5O2/c1-20(25-2,19(24)29)9-14(7-12-3-5-15(21)16(22)8-12)18(28)27-11-13-4-6-17(23)26-10-13/h3-6,8,10,14,25H,7,9,11H2,1-2H3,(H2,23,26)(H2,24,29)(H,27,28)/t14-,20?/m0/s1. The van der Waals surface area contributed by atoms with Gasteiger partial charge in [0.2, 0.25) is 11.8 Å². The molecule has 156 valence electrons. The van der Waals surface area contributed by atoms with Gasteiger partial charge in [0.05, 0.1) is 5.54 Å². The lowest BCUT2D eigenvalue weighted by atomic mass is 9.84. The number of nitrogen functional groups attached to an aromatic ring is 1. The number of nitrogens with two attached hydrogens (primary N) is 2. The highest BCUT2D eigenvalue weighted by molar-refractivity contribution is 5.86. The van der Waals surface area contributed by atoms with Crippen molar-refractivity contribution in [3.63, 3.8) is 0 Å². The van der Waals surface area contributed by atoms with Crippen LogP contribution in [0, 0.1) is 17.6 Å². The van der Waals surface area contributed by atoms with Crippen molar-refractivity contribution in [2.75, 3.05) is 12.8 Å². The quantitative estimate of drug-likeness (QED) is 0.500. The molecule has 29 heavy (non-hydrogen) atoms. The molecule has 0 spiro atoms. The number of aromatic nitrogens is 1. The van der Waals surface area contributed by atoms with Crippen molar-refractivity contribution >= 4 is 17.6 Å². The highest BCUT2D eigenvalue weighted by atomic mass is 19.2. The monoisotopic (exact) mass is 405 g/mol. The van der Waals surface area contributed by atoms with Gasteiger partial charge in [0.1, 0.15) is 5.82 Å². The van der Waals surface area contributed by atoms with Crippen molar-refractivity contribution in [3.05, 3.63) is 59.3 Å². The Labute approximate surface area is 167 Å². The van der Waals surface area contributed by atoms with E-state index in [1.165, 1.54) is 6.07 Å². The molecule has 1 unspecified atom stereocenters. The second-order valence-electron chi connectivity index (χ2n) is 7.11. The third-order valence-corrected chi connectivity index (χ3v) is 4.90. The zero-order valence-electron chi connectivity index (χ0n) is 16.3. The molecular weight excluding hydrogens is 380 g/mol. The highest BCUT2D eigenvalue weighted by Gasteiger charge is 2.35. The number of hydrogen-bond donors (Lipinski definition) is 4. The molecule has 6 N–H and O–H groups in total. The van der Waals surface area contributed by atoms with Crippen LogP contribution in [0.3, 0.4) is 0 Å². The van der Waals surface area contributed by atoms with Gasteiger partial charge in [-0.2, -0.15) is 0 Å². The third-order valence-electron chi connectivity index (χ3n) is 4.90. The Morgan fingerprint density at radius 1 is 1.17 bits per heavy atom. The molecule has 1 aromatic heterocycles. The van der Waals surface area contributed by atoms with Crippen molar-refractivity contribution in [2.45, 2.75) is 31.8 Å². The molecule has 7 nitrogen and oxygen atoms in total. The lowest BCUT2D eigenvalue weighted by Crippen LogP contribution is -2.54. The number of carbonyl (C=O) groups excluding carboxylic acids is 2. The smallest absolute Gasteiger partial charge is 0.237 e. The number of amides is 2. The molecule has 2 atom stereocenters. The second-order valence-corrected chi connectivity index (χ2v) is 7.11. The van der Waals surface area contributed by atoms with E-state index in [2.05, 4.69) is 15.6 Å². The normalized spacial score (nSPS) is 14.1. The van der Waals surface area contributed by atoms with Gasteiger partial charge in [-0.3, -0.25) is 9.59 Å². The molecule has 1 heterocycles. The molecule has 9 heteroatoms. The van der Waals surface area contributed by atoms with E-state index in [-0.39, 0.29) is 25.3 Å². The maximum atomic E-state index is 13.6. The van der Waals surface area contributed by atoms with E-state index in [9.17, 15) is 18.4 Å². The molecule has 0 aliphatic rings. The summed E-state index contributed by atoms with van der Waals surface area (Å²) in [5, 5.41) is 5.62. The van der Waals surface area contributed by atoms with Crippen LogP contribution < -0.4 is 22.1 Å². The third kappa shape index (κ3) is 5.95. The SMILES string of the molecule is CNC(C)(C[C@H](Cc1ccc(F)c(F)c1)C(=O)NCc1ccc(N)nc1)C(N)=O. The zero-order valence-corrected chi connectivity index (χ0v) is 16.3. The van der Waals surface area contributed by atoms with Crippen LogP contribution in [0.5, 0.6) is 0 Å². The first-order chi connectivity index (χ1) is 13.6. The molecule has 0 aliphatic carbocycles. The van der Waals surface area contributed by atoms with Gasteiger partial charge in [-0.15, -0.1) is 0 Å². The molecule has 2 amide bonds. The number of nitrogens with one attached hydrogen (secondary N) is 2. The molecule has 0 aliphatic heterocycles. The van der Waals surface area contributed by atoms with Crippen LogP contribution in [0.4, 0.5) is 14.6 Å². The first kappa shape index (κ1) is 22.2. The summed E-state index contributed by atoms with van der Waals surface area (Å²) in [7, 11) is 1.57. The minimum Gasteiger partial charge on any atom is -0.384 e. The number of rotatable bonds is 9. The Morgan fingerprint density at radius 3 is 2.41 bits per heavy atom. The Bertz CT molecular complexity index is 876. The van der Waals surface area contributed by atoms with E-state index in [4.69, 9.17) is 11.5 Å². The van der Waals surface area contributed by atoms with E-state index < -0.39 is 29.0 Å². The molecule has 0 bridgehead atoms. The number of halogens is 2. The molecule has 0 radical (unpaired) electrons.